The van der Waals surface area contributed by atoms with Crippen LogP contribution in [0.4, 0.5) is 0 Å². The normalized spacial score (nSPS) is 17.1. The molecule has 1 aromatic heterocycles. The molecule has 6 nitrogen and oxygen atoms in total. The summed E-state index contributed by atoms with van der Waals surface area (Å²) in [6.45, 7) is 6.89. The lowest BCUT2D eigenvalue weighted by atomic mass is 10.2. The van der Waals surface area contributed by atoms with Gasteiger partial charge >= 0.3 is 0 Å². The second kappa shape index (κ2) is 8.71. The number of rotatable bonds is 7. The molecule has 0 bridgehead atoms. The van der Waals surface area contributed by atoms with Crippen LogP contribution in [-0.4, -0.2) is 55.7 Å². The van der Waals surface area contributed by atoms with Crippen LogP contribution in [0.5, 0.6) is 11.5 Å². The molecule has 1 aliphatic heterocycles. The van der Waals surface area contributed by atoms with Gasteiger partial charge in [-0.25, -0.2) is 4.98 Å². The lowest BCUT2D eigenvalue weighted by Gasteiger charge is -2.22. The van der Waals surface area contributed by atoms with Crippen molar-refractivity contribution in [2.75, 3.05) is 33.9 Å². The summed E-state index contributed by atoms with van der Waals surface area (Å²) < 4.78 is 10.6. The number of thiazole rings is 1. The molecule has 0 unspecified atom stereocenters. The van der Waals surface area contributed by atoms with Crippen molar-refractivity contribution >= 4 is 17.2 Å². The van der Waals surface area contributed by atoms with E-state index in [0.717, 1.165) is 35.8 Å². The maximum atomic E-state index is 12.7. The van der Waals surface area contributed by atoms with Crippen molar-refractivity contribution in [2.45, 2.75) is 32.7 Å². The molecule has 2 heterocycles. The third kappa shape index (κ3) is 4.25. The molecular weight excluding hydrogens is 362 g/mol. The third-order valence-electron chi connectivity index (χ3n) is 5.04. The van der Waals surface area contributed by atoms with Gasteiger partial charge in [0, 0.05) is 18.2 Å². The first-order chi connectivity index (χ1) is 13.1. The fourth-order valence-electron chi connectivity index (χ4n) is 3.53. The molecule has 0 spiro atoms. The molecule has 1 N–H and O–H groups in total. The van der Waals surface area contributed by atoms with E-state index >= 15 is 0 Å². The van der Waals surface area contributed by atoms with E-state index in [1.807, 2.05) is 25.1 Å². The average Bonchev–Trinajstić information content (AvgIpc) is 3.31. The third-order valence-corrected chi connectivity index (χ3v) is 6.24. The van der Waals surface area contributed by atoms with Gasteiger partial charge in [0.25, 0.3) is 5.91 Å². The smallest absolute Gasteiger partial charge is 0.263 e. The van der Waals surface area contributed by atoms with Gasteiger partial charge in [0.2, 0.25) is 0 Å². The minimum absolute atomic E-state index is 0.0420. The van der Waals surface area contributed by atoms with Crippen LogP contribution >= 0.6 is 11.3 Å². The van der Waals surface area contributed by atoms with Crippen LogP contribution in [0.2, 0.25) is 0 Å². The van der Waals surface area contributed by atoms with Crippen LogP contribution in [0.1, 0.15) is 35.1 Å². The quantitative estimate of drug-likeness (QED) is 0.787. The first-order valence-electron chi connectivity index (χ1n) is 9.29. The molecule has 1 aromatic carbocycles. The van der Waals surface area contributed by atoms with E-state index in [1.54, 1.807) is 14.2 Å². The molecule has 1 amide bonds. The average molecular weight is 390 g/mol. The lowest BCUT2D eigenvalue weighted by molar-refractivity contribution is 0.0944. The summed E-state index contributed by atoms with van der Waals surface area (Å²) in [4.78, 5) is 20.4. The highest BCUT2D eigenvalue weighted by Crippen LogP contribution is 2.35. The summed E-state index contributed by atoms with van der Waals surface area (Å²) in [6.07, 6.45) is 2.35. The molecular formula is C20H27N3O3S. The van der Waals surface area contributed by atoms with Crippen molar-refractivity contribution in [3.63, 3.8) is 0 Å². The van der Waals surface area contributed by atoms with Crippen molar-refractivity contribution < 1.29 is 14.3 Å². The number of hydrogen-bond donors (Lipinski definition) is 1. The first kappa shape index (κ1) is 19.6. The number of carbonyl (C=O) groups is 1. The molecule has 1 aliphatic rings. The Morgan fingerprint density at radius 3 is 2.81 bits per heavy atom. The molecule has 1 fully saturated rings. The minimum Gasteiger partial charge on any atom is -0.493 e. The summed E-state index contributed by atoms with van der Waals surface area (Å²) in [5.41, 5.74) is 1.66. The number of carbonyl (C=O) groups excluding carboxylic acids is 1. The number of methoxy groups -OCH3 is 2. The van der Waals surface area contributed by atoms with E-state index in [1.165, 1.54) is 17.8 Å². The molecule has 0 aliphatic carbocycles. The molecule has 1 saturated heterocycles. The highest BCUT2D eigenvalue weighted by Gasteiger charge is 2.24. The van der Waals surface area contributed by atoms with Gasteiger partial charge in [-0.15, -0.1) is 11.3 Å². The highest BCUT2D eigenvalue weighted by atomic mass is 32.1. The number of nitrogens with zero attached hydrogens (tertiary/aromatic N) is 2. The zero-order valence-electron chi connectivity index (χ0n) is 16.4. The van der Waals surface area contributed by atoms with Gasteiger partial charge in [-0.2, -0.15) is 0 Å². The Hall–Kier alpha value is -2.12. The van der Waals surface area contributed by atoms with Gasteiger partial charge in [0.1, 0.15) is 9.88 Å². The summed E-state index contributed by atoms with van der Waals surface area (Å²) >= 11 is 1.41. The van der Waals surface area contributed by atoms with E-state index in [9.17, 15) is 4.79 Å². The maximum absolute atomic E-state index is 12.7. The van der Waals surface area contributed by atoms with Gasteiger partial charge in [-0.3, -0.25) is 9.69 Å². The van der Waals surface area contributed by atoms with Crippen molar-refractivity contribution in [1.82, 2.24) is 15.2 Å². The molecule has 27 heavy (non-hydrogen) atoms. The number of hydrogen-bond acceptors (Lipinski definition) is 6. The maximum Gasteiger partial charge on any atom is 0.263 e. The van der Waals surface area contributed by atoms with Gasteiger partial charge in [-0.1, -0.05) is 6.92 Å². The number of aryl methyl sites for hydroxylation is 1. The van der Waals surface area contributed by atoms with Crippen LogP contribution in [0.15, 0.2) is 18.2 Å². The molecule has 7 heteroatoms. The van der Waals surface area contributed by atoms with Crippen molar-refractivity contribution in [1.29, 1.82) is 0 Å². The van der Waals surface area contributed by atoms with Crippen molar-refractivity contribution in [2.24, 2.45) is 0 Å². The van der Waals surface area contributed by atoms with Crippen LogP contribution in [-0.2, 0) is 0 Å². The Balaban J connectivity index is 1.73. The number of ether oxygens (including phenoxy) is 2. The molecule has 0 radical (unpaired) electrons. The van der Waals surface area contributed by atoms with Crippen LogP contribution < -0.4 is 14.8 Å². The van der Waals surface area contributed by atoms with E-state index in [4.69, 9.17) is 9.47 Å². The second-order valence-corrected chi connectivity index (χ2v) is 7.64. The lowest BCUT2D eigenvalue weighted by Crippen LogP contribution is -2.39. The highest BCUT2D eigenvalue weighted by molar-refractivity contribution is 7.17. The number of likely N-dealkylation sites (tertiary alicyclic amines) is 1. The fraction of sp³-hybridized carbons (Fsp3) is 0.500. The molecule has 3 rings (SSSR count). The summed E-state index contributed by atoms with van der Waals surface area (Å²) in [6, 6.07) is 6.11. The van der Waals surface area contributed by atoms with E-state index in [2.05, 4.69) is 22.1 Å². The van der Waals surface area contributed by atoms with Crippen molar-refractivity contribution in [3.05, 3.63) is 28.8 Å². The molecule has 0 saturated carbocycles. The largest absolute Gasteiger partial charge is 0.493 e. The molecule has 146 valence electrons. The Morgan fingerprint density at radius 1 is 1.33 bits per heavy atom. The number of benzene rings is 1. The first-order valence-corrected chi connectivity index (χ1v) is 10.1. The fourth-order valence-corrected chi connectivity index (χ4v) is 4.51. The summed E-state index contributed by atoms with van der Waals surface area (Å²) in [7, 11) is 3.22. The van der Waals surface area contributed by atoms with Gasteiger partial charge in [0.05, 0.1) is 19.9 Å². The predicted molar refractivity (Wildman–Crippen MR) is 108 cm³/mol. The van der Waals surface area contributed by atoms with E-state index < -0.39 is 0 Å². The SMILES string of the molecule is CCN1CCC[C@H]1CNC(=O)c1sc(-c2ccc(OC)c(OC)c2)nc1C. The number of amides is 1. The summed E-state index contributed by atoms with van der Waals surface area (Å²) in [5, 5.41) is 3.90. The molecule has 2 aromatic rings. The Labute approximate surface area is 164 Å². The Bertz CT molecular complexity index is 806. The van der Waals surface area contributed by atoms with Gasteiger partial charge < -0.3 is 14.8 Å². The zero-order chi connectivity index (χ0) is 19.4. The Kier molecular flexibility index (Phi) is 6.34. The minimum atomic E-state index is -0.0420. The zero-order valence-corrected chi connectivity index (χ0v) is 17.2. The predicted octanol–water partition coefficient (Wildman–Crippen LogP) is 3.35. The van der Waals surface area contributed by atoms with E-state index in [-0.39, 0.29) is 5.91 Å². The van der Waals surface area contributed by atoms with Gasteiger partial charge in [-0.05, 0) is 51.1 Å². The van der Waals surface area contributed by atoms with Crippen LogP contribution in [0.25, 0.3) is 10.6 Å². The van der Waals surface area contributed by atoms with Gasteiger partial charge in [0.15, 0.2) is 11.5 Å². The number of likely N-dealkylation sites (N-methyl/N-ethyl adjacent to an activating group) is 1. The van der Waals surface area contributed by atoms with Crippen LogP contribution in [0.3, 0.4) is 0 Å². The summed E-state index contributed by atoms with van der Waals surface area (Å²) in [5.74, 6) is 1.28. The Morgan fingerprint density at radius 2 is 2.11 bits per heavy atom. The van der Waals surface area contributed by atoms with E-state index in [0.29, 0.717) is 29.0 Å². The topological polar surface area (TPSA) is 63.7 Å². The second-order valence-electron chi connectivity index (χ2n) is 6.64. The molecule has 1 atom stereocenters. The number of aromatic nitrogens is 1. The monoisotopic (exact) mass is 389 g/mol. The van der Waals surface area contributed by atoms with Crippen molar-refractivity contribution in [3.8, 4) is 22.1 Å². The van der Waals surface area contributed by atoms with Crippen LogP contribution in [0, 0.1) is 6.92 Å². The number of nitrogens with one attached hydrogen (secondary N) is 1. The standard InChI is InChI=1S/C20H27N3O3S/c1-5-23-10-6-7-15(23)12-21-19(24)18-13(2)22-20(27-18)14-8-9-16(25-3)17(11-14)26-4/h8-9,11,15H,5-7,10,12H2,1-4H3,(H,21,24)/t15-/m0/s1.